The summed E-state index contributed by atoms with van der Waals surface area (Å²) < 4.78 is 13.5. The topological polar surface area (TPSA) is 56.6 Å². The van der Waals surface area contributed by atoms with Gasteiger partial charge in [-0.15, -0.1) is 0 Å². The Labute approximate surface area is 193 Å². The van der Waals surface area contributed by atoms with Crippen molar-refractivity contribution in [1.82, 2.24) is 9.55 Å². The summed E-state index contributed by atoms with van der Waals surface area (Å²) in [6, 6.07) is 23.8. The lowest BCUT2D eigenvalue weighted by atomic mass is 10.1. The summed E-state index contributed by atoms with van der Waals surface area (Å²) >= 11 is 0. The van der Waals surface area contributed by atoms with E-state index in [9.17, 15) is 4.79 Å². The summed E-state index contributed by atoms with van der Waals surface area (Å²) in [4.78, 5) is 19.8. The van der Waals surface area contributed by atoms with Crippen LogP contribution in [0.5, 0.6) is 11.5 Å². The molecule has 1 fully saturated rings. The lowest BCUT2D eigenvalue weighted by Gasteiger charge is -2.19. The van der Waals surface area contributed by atoms with Crippen molar-refractivity contribution in [1.29, 1.82) is 0 Å². The van der Waals surface area contributed by atoms with E-state index in [0.29, 0.717) is 26.1 Å². The predicted molar refractivity (Wildman–Crippen MR) is 129 cm³/mol. The summed E-state index contributed by atoms with van der Waals surface area (Å²) in [6.45, 7) is 3.80. The quantitative estimate of drug-likeness (QED) is 0.407. The normalized spacial score (nSPS) is 15.9. The Bertz CT molecular complexity index is 1300. The minimum absolute atomic E-state index is 0.0290. The van der Waals surface area contributed by atoms with E-state index < -0.39 is 0 Å². The van der Waals surface area contributed by atoms with Gasteiger partial charge in [-0.05, 0) is 42.8 Å². The van der Waals surface area contributed by atoms with Crippen LogP contribution < -0.4 is 14.4 Å². The lowest BCUT2D eigenvalue weighted by Crippen LogP contribution is -2.25. The van der Waals surface area contributed by atoms with Crippen LogP contribution in [0.15, 0.2) is 72.8 Å². The number of hydrogen-bond acceptors (Lipinski definition) is 4. The lowest BCUT2D eigenvalue weighted by molar-refractivity contribution is -0.117. The van der Waals surface area contributed by atoms with Crippen LogP contribution in [0.3, 0.4) is 0 Å². The molecule has 0 aliphatic carbocycles. The van der Waals surface area contributed by atoms with Crippen LogP contribution in [-0.4, -0.2) is 35.7 Å². The van der Waals surface area contributed by atoms with Gasteiger partial charge < -0.3 is 18.9 Å². The number of hydrogen-bond donors (Lipinski definition) is 0. The number of para-hydroxylation sites is 3. The third-order valence-corrected chi connectivity index (χ3v) is 6.21. The number of aromatic nitrogens is 2. The maximum Gasteiger partial charge on any atom is 0.227 e. The van der Waals surface area contributed by atoms with Crippen molar-refractivity contribution < 1.29 is 14.3 Å². The highest BCUT2D eigenvalue weighted by Gasteiger charge is 2.35. The Morgan fingerprint density at radius 2 is 1.79 bits per heavy atom. The molecule has 1 aromatic heterocycles. The van der Waals surface area contributed by atoms with Crippen LogP contribution in [-0.2, 0) is 11.3 Å². The van der Waals surface area contributed by atoms with Gasteiger partial charge in [-0.3, -0.25) is 4.79 Å². The van der Waals surface area contributed by atoms with E-state index >= 15 is 0 Å². The molecule has 0 bridgehead atoms. The first kappa shape index (κ1) is 21.1. The second-order valence-corrected chi connectivity index (χ2v) is 8.33. The number of carbonyl (C=O) groups is 1. The number of nitrogens with zero attached hydrogens (tertiary/aromatic N) is 3. The molecule has 168 valence electrons. The molecule has 0 unspecified atom stereocenters. The van der Waals surface area contributed by atoms with E-state index in [-0.39, 0.29) is 11.8 Å². The summed E-state index contributed by atoms with van der Waals surface area (Å²) in [7, 11) is 1.64. The molecule has 0 spiro atoms. The first-order chi connectivity index (χ1) is 16.1. The Kier molecular flexibility index (Phi) is 5.73. The molecule has 3 aromatic carbocycles. The van der Waals surface area contributed by atoms with Crippen molar-refractivity contribution in [3.8, 4) is 11.5 Å². The average molecular weight is 442 g/mol. The van der Waals surface area contributed by atoms with E-state index in [1.807, 2.05) is 78.6 Å². The summed E-state index contributed by atoms with van der Waals surface area (Å²) in [6.07, 6.45) is 0.453. The monoisotopic (exact) mass is 441 g/mol. The fourth-order valence-electron chi connectivity index (χ4n) is 4.57. The number of anilines is 1. The van der Waals surface area contributed by atoms with E-state index in [0.717, 1.165) is 39.6 Å². The third-order valence-electron chi connectivity index (χ3n) is 6.21. The van der Waals surface area contributed by atoms with Crippen molar-refractivity contribution in [2.24, 2.45) is 0 Å². The maximum absolute atomic E-state index is 12.9. The smallest absolute Gasteiger partial charge is 0.227 e. The fraction of sp³-hybridized carbons (Fsp3) is 0.259. The largest absolute Gasteiger partial charge is 0.497 e. The molecular weight excluding hydrogens is 414 g/mol. The Balaban J connectivity index is 1.40. The number of aryl methyl sites for hydroxylation is 1. The molecule has 5 rings (SSSR count). The van der Waals surface area contributed by atoms with Crippen molar-refractivity contribution >= 4 is 22.6 Å². The van der Waals surface area contributed by atoms with Gasteiger partial charge in [-0.2, -0.15) is 0 Å². The highest BCUT2D eigenvalue weighted by Crippen LogP contribution is 2.34. The molecule has 1 atom stereocenters. The van der Waals surface area contributed by atoms with Gasteiger partial charge in [-0.25, -0.2) is 4.98 Å². The number of amides is 1. The van der Waals surface area contributed by atoms with Gasteiger partial charge in [0.15, 0.2) is 0 Å². The molecule has 0 radical (unpaired) electrons. The SMILES string of the molecule is COc1cccc(OCCn2c([C@H]3CC(=O)N(c4ccccc4C)C3)nc3ccccc32)c1. The molecular formula is C27H27N3O3. The van der Waals surface area contributed by atoms with Gasteiger partial charge in [0.25, 0.3) is 0 Å². The number of fused-ring (bicyclic) bond motifs is 1. The molecule has 33 heavy (non-hydrogen) atoms. The molecule has 1 aliphatic rings. The number of rotatable bonds is 7. The molecule has 1 saturated heterocycles. The Morgan fingerprint density at radius 1 is 1.00 bits per heavy atom. The number of ether oxygens (including phenoxy) is 2. The van der Waals surface area contributed by atoms with E-state index in [2.05, 4.69) is 10.6 Å². The highest BCUT2D eigenvalue weighted by molar-refractivity contribution is 5.97. The molecule has 6 nitrogen and oxygen atoms in total. The molecule has 0 N–H and O–H groups in total. The standard InChI is InChI=1S/C27H27N3O3/c1-19-8-3-5-12-24(19)30-18-20(16-26(30)31)27-28-23-11-4-6-13-25(23)29(27)14-15-33-22-10-7-9-21(17-22)32-2/h3-13,17,20H,14-16,18H2,1-2H3/t20-/m0/s1. The van der Waals surface area contributed by atoms with Crippen molar-refractivity contribution in [2.45, 2.75) is 25.8 Å². The van der Waals surface area contributed by atoms with Crippen LogP contribution in [0.1, 0.15) is 23.7 Å². The van der Waals surface area contributed by atoms with Gasteiger partial charge in [0.1, 0.15) is 23.9 Å². The van der Waals surface area contributed by atoms with Crippen molar-refractivity contribution in [3.05, 3.63) is 84.2 Å². The van der Waals surface area contributed by atoms with E-state index in [1.54, 1.807) is 7.11 Å². The highest BCUT2D eigenvalue weighted by atomic mass is 16.5. The minimum atomic E-state index is 0.0290. The number of benzene rings is 3. The second kappa shape index (κ2) is 8.98. The van der Waals surface area contributed by atoms with Crippen LogP contribution >= 0.6 is 0 Å². The van der Waals surface area contributed by atoms with Crippen LogP contribution in [0.2, 0.25) is 0 Å². The predicted octanol–water partition coefficient (Wildman–Crippen LogP) is 4.95. The number of carbonyl (C=O) groups excluding carboxylic acids is 1. The van der Waals surface area contributed by atoms with Crippen LogP contribution in [0, 0.1) is 6.92 Å². The zero-order valence-corrected chi connectivity index (χ0v) is 18.9. The van der Waals surface area contributed by atoms with Gasteiger partial charge in [0.2, 0.25) is 5.91 Å². The minimum Gasteiger partial charge on any atom is -0.497 e. The zero-order chi connectivity index (χ0) is 22.8. The van der Waals surface area contributed by atoms with Crippen molar-refractivity contribution in [2.75, 3.05) is 25.2 Å². The molecule has 6 heteroatoms. The first-order valence-corrected chi connectivity index (χ1v) is 11.2. The van der Waals surface area contributed by atoms with Gasteiger partial charge >= 0.3 is 0 Å². The molecule has 0 saturated carbocycles. The average Bonchev–Trinajstić information content (AvgIpc) is 3.40. The summed E-state index contributed by atoms with van der Waals surface area (Å²) in [5.74, 6) is 2.64. The van der Waals surface area contributed by atoms with E-state index in [1.165, 1.54) is 0 Å². The van der Waals surface area contributed by atoms with Gasteiger partial charge in [-0.1, -0.05) is 36.4 Å². The second-order valence-electron chi connectivity index (χ2n) is 8.33. The Morgan fingerprint density at radius 3 is 2.64 bits per heavy atom. The molecule has 4 aromatic rings. The maximum atomic E-state index is 12.9. The molecule has 1 aliphatic heterocycles. The van der Waals surface area contributed by atoms with Gasteiger partial charge in [0, 0.05) is 30.6 Å². The van der Waals surface area contributed by atoms with E-state index in [4.69, 9.17) is 14.5 Å². The first-order valence-electron chi connectivity index (χ1n) is 11.2. The van der Waals surface area contributed by atoms with Crippen LogP contribution in [0.25, 0.3) is 11.0 Å². The fourth-order valence-corrected chi connectivity index (χ4v) is 4.57. The zero-order valence-electron chi connectivity index (χ0n) is 18.9. The summed E-state index contributed by atoms with van der Waals surface area (Å²) in [5.41, 5.74) is 4.08. The number of methoxy groups -OCH3 is 1. The third kappa shape index (κ3) is 4.16. The number of imidazole rings is 1. The molecule has 1 amide bonds. The van der Waals surface area contributed by atoms with Crippen LogP contribution in [0.4, 0.5) is 5.69 Å². The Hall–Kier alpha value is -3.80. The van der Waals surface area contributed by atoms with Gasteiger partial charge in [0.05, 0.1) is 24.7 Å². The summed E-state index contributed by atoms with van der Waals surface area (Å²) in [5, 5.41) is 0. The molecule has 2 heterocycles. The van der Waals surface area contributed by atoms with Crippen molar-refractivity contribution in [3.63, 3.8) is 0 Å².